The van der Waals surface area contributed by atoms with E-state index >= 15 is 0 Å². The van der Waals surface area contributed by atoms with Crippen LogP contribution in [0.1, 0.15) is 88.1 Å². The molecule has 1 N–H and O–H groups in total. The second-order valence-corrected chi connectivity index (χ2v) is 23.4. The summed E-state index contributed by atoms with van der Waals surface area (Å²) in [4.78, 5) is 47.3. The second-order valence-electron chi connectivity index (χ2n) is 18.7. The summed E-state index contributed by atoms with van der Waals surface area (Å²) in [7, 11) is 3.63. The summed E-state index contributed by atoms with van der Waals surface area (Å²) in [6, 6.07) is 25.1. The third-order valence-corrected chi connectivity index (χ3v) is 17.8. The number of amides is 2. The zero-order valence-electron chi connectivity index (χ0n) is 38.3. The molecule has 5 aromatic rings. The van der Waals surface area contributed by atoms with Crippen molar-refractivity contribution in [2.24, 2.45) is 14.1 Å². The minimum absolute atomic E-state index is 0.000748. The predicted molar refractivity (Wildman–Crippen MR) is 249 cm³/mol. The maximum absolute atomic E-state index is 15.0. The van der Waals surface area contributed by atoms with Crippen molar-refractivity contribution in [3.05, 3.63) is 118 Å². The highest BCUT2D eigenvalue weighted by atomic mass is 28.4. The molecule has 330 valence electrons. The van der Waals surface area contributed by atoms with Gasteiger partial charge in [-0.05, 0) is 136 Å². The molecule has 3 aromatic carbocycles. The number of ether oxygens (including phenoxy) is 1. The van der Waals surface area contributed by atoms with Gasteiger partial charge >= 0.3 is 5.97 Å². The number of nitrogens with zero attached hydrogens (tertiary/aromatic N) is 6. The molecule has 63 heavy (non-hydrogen) atoms. The molecule has 13 heteroatoms. The standard InChI is InChI=1S/C50H60N6O6Si/c1-32-42(48(58)56(45-28-39(30-51)53(7)33(45)2)38-15-19-41(20-16-38)62-63(9,10)50(3,4)5)29-46(54(32)8)43-26-35-21-22-55(31-36(35)27-44(43)49(59)60)47(57)25-34-11-17-40(18-12-34)61-24-23-52(6)37-13-14-37/h11-12,15-20,26-29,37H,13-14,21-25,31H2,1-10H3,(H,59,60). The van der Waals surface area contributed by atoms with Crippen molar-refractivity contribution in [2.75, 3.05) is 31.6 Å². The molecule has 1 saturated carbocycles. The van der Waals surface area contributed by atoms with Crippen LogP contribution in [0.5, 0.6) is 11.5 Å². The van der Waals surface area contributed by atoms with Gasteiger partial charge in [0.2, 0.25) is 14.2 Å². The van der Waals surface area contributed by atoms with Gasteiger partial charge in [-0.3, -0.25) is 14.5 Å². The van der Waals surface area contributed by atoms with Crippen LogP contribution in [0.25, 0.3) is 11.3 Å². The van der Waals surface area contributed by atoms with Gasteiger partial charge in [-0.2, -0.15) is 5.26 Å². The van der Waals surface area contributed by atoms with Gasteiger partial charge in [0.15, 0.2) is 0 Å². The molecular weight excluding hydrogens is 809 g/mol. The van der Waals surface area contributed by atoms with Gasteiger partial charge in [0.25, 0.3) is 5.91 Å². The number of benzene rings is 3. The van der Waals surface area contributed by atoms with Crippen molar-refractivity contribution >= 4 is 37.5 Å². The van der Waals surface area contributed by atoms with E-state index in [-0.39, 0.29) is 28.8 Å². The number of hydrogen-bond donors (Lipinski definition) is 1. The number of rotatable bonds is 14. The molecule has 2 aliphatic rings. The highest BCUT2D eigenvalue weighted by Crippen LogP contribution is 2.40. The largest absolute Gasteiger partial charge is 0.544 e. The summed E-state index contributed by atoms with van der Waals surface area (Å²) < 4.78 is 16.1. The minimum atomic E-state index is -2.13. The van der Waals surface area contributed by atoms with Gasteiger partial charge in [0, 0.05) is 68.1 Å². The van der Waals surface area contributed by atoms with Gasteiger partial charge in [-0.15, -0.1) is 0 Å². The van der Waals surface area contributed by atoms with Crippen LogP contribution < -0.4 is 14.1 Å². The van der Waals surface area contributed by atoms with E-state index < -0.39 is 14.3 Å². The quantitative estimate of drug-likeness (QED) is 0.109. The Bertz CT molecular complexity index is 2590. The Morgan fingerprint density at radius 3 is 2.16 bits per heavy atom. The molecule has 2 aromatic heterocycles. The van der Waals surface area contributed by atoms with Crippen molar-refractivity contribution in [1.82, 2.24) is 18.9 Å². The Hall–Kier alpha value is -6.10. The molecule has 1 aliphatic carbocycles. The Balaban J connectivity index is 1.13. The summed E-state index contributed by atoms with van der Waals surface area (Å²) >= 11 is 0. The maximum Gasteiger partial charge on any atom is 0.336 e. The number of carbonyl (C=O) groups is 3. The van der Waals surface area contributed by atoms with Crippen LogP contribution in [0.3, 0.4) is 0 Å². The summed E-state index contributed by atoms with van der Waals surface area (Å²) in [6.07, 6.45) is 3.31. The highest BCUT2D eigenvalue weighted by Gasteiger charge is 2.39. The average molecular weight is 869 g/mol. The molecule has 12 nitrogen and oxygen atoms in total. The molecule has 0 unspecified atom stereocenters. The second kappa shape index (κ2) is 17.6. The van der Waals surface area contributed by atoms with Crippen molar-refractivity contribution < 1.29 is 28.7 Å². The van der Waals surface area contributed by atoms with E-state index in [1.165, 1.54) is 12.8 Å². The first-order valence-corrected chi connectivity index (χ1v) is 24.6. The lowest BCUT2D eigenvalue weighted by Crippen LogP contribution is -2.43. The van der Waals surface area contributed by atoms with Crippen molar-refractivity contribution in [1.29, 1.82) is 5.26 Å². The Labute approximate surface area is 372 Å². The molecule has 2 amide bonds. The number of aromatic nitrogens is 2. The lowest BCUT2D eigenvalue weighted by Gasteiger charge is -2.36. The molecule has 0 spiro atoms. The SMILES string of the molecule is Cc1c(N(C(=O)c2cc(-c3cc4c(cc3C(=O)O)CN(C(=O)Cc3ccc(OCCN(C)C5CC5)cc3)CC4)n(C)c2C)c2ccc(O[Si](C)(C)C(C)(C)C)cc2)cc(C#N)n1C. The van der Waals surface area contributed by atoms with Crippen LogP contribution in [0, 0.1) is 25.2 Å². The minimum Gasteiger partial charge on any atom is -0.544 e. The molecule has 0 saturated heterocycles. The van der Waals surface area contributed by atoms with E-state index in [2.05, 4.69) is 51.9 Å². The van der Waals surface area contributed by atoms with Crippen molar-refractivity contribution in [2.45, 2.75) is 91.0 Å². The fraction of sp³-hybridized carbons (Fsp3) is 0.400. The number of anilines is 2. The number of nitriles is 1. The van der Waals surface area contributed by atoms with E-state index in [1.54, 1.807) is 39.6 Å². The first kappa shape index (κ1) is 44.9. The predicted octanol–water partition coefficient (Wildman–Crippen LogP) is 9.18. The number of carbonyl (C=O) groups excluding carboxylic acids is 2. The monoisotopic (exact) mass is 868 g/mol. The van der Waals surface area contributed by atoms with Crippen LogP contribution in [0.2, 0.25) is 18.1 Å². The molecule has 0 atom stereocenters. The zero-order chi connectivity index (χ0) is 45.5. The fourth-order valence-corrected chi connectivity index (χ4v) is 9.03. The molecule has 1 fully saturated rings. The van der Waals surface area contributed by atoms with Gasteiger partial charge in [-0.1, -0.05) is 32.9 Å². The summed E-state index contributed by atoms with van der Waals surface area (Å²) in [5.41, 5.74) is 7.15. The summed E-state index contributed by atoms with van der Waals surface area (Å²) in [6.45, 7) is 16.9. The third-order valence-electron chi connectivity index (χ3n) is 13.5. The van der Waals surface area contributed by atoms with Crippen LogP contribution >= 0.6 is 0 Å². The molecular formula is C50H60N6O6Si. The van der Waals surface area contributed by atoms with Crippen molar-refractivity contribution in [3.63, 3.8) is 0 Å². The van der Waals surface area contributed by atoms with Crippen molar-refractivity contribution in [3.8, 4) is 28.8 Å². The normalized spacial score (nSPS) is 14.0. The van der Waals surface area contributed by atoms with Crippen LogP contribution in [0.4, 0.5) is 11.4 Å². The van der Waals surface area contributed by atoms with Gasteiger partial charge in [-0.25, -0.2) is 4.79 Å². The van der Waals surface area contributed by atoms with Crippen LogP contribution in [-0.2, 0) is 38.3 Å². The average Bonchev–Trinajstić information content (AvgIpc) is 4.01. The van der Waals surface area contributed by atoms with Gasteiger partial charge in [0.1, 0.15) is 29.9 Å². The molecule has 0 bridgehead atoms. The fourth-order valence-electron chi connectivity index (χ4n) is 7.99. The van der Waals surface area contributed by atoms with E-state index in [4.69, 9.17) is 9.16 Å². The smallest absolute Gasteiger partial charge is 0.336 e. The van der Waals surface area contributed by atoms with Gasteiger partial charge < -0.3 is 33.2 Å². The number of fused-ring (bicyclic) bond motifs is 1. The molecule has 7 rings (SSSR count). The summed E-state index contributed by atoms with van der Waals surface area (Å²) in [5.74, 6) is 0.0432. The zero-order valence-corrected chi connectivity index (χ0v) is 39.3. The third kappa shape index (κ3) is 9.33. The topological polar surface area (TPSA) is 133 Å². The lowest BCUT2D eigenvalue weighted by molar-refractivity contribution is -0.131. The number of aromatic carboxylic acids is 1. The summed E-state index contributed by atoms with van der Waals surface area (Å²) in [5, 5.41) is 20.5. The number of carboxylic acids is 1. The first-order chi connectivity index (χ1) is 29.8. The van der Waals surface area contributed by atoms with Gasteiger partial charge in [0.05, 0.1) is 23.2 Å². The van der Waals surface area contributed by atoms with Crippen LogP contribution in [-0.4, -0.2) is 82.9 Å². The van der Waals surface area contributed by atoms with E-state index in [1.807, 2.05) is 80.1 Å². The highest BCUT2D eigenvalue weighted by molar-refractivity contribution is 6.74. The van der Waals surface area contributed by atoms with E-state index in [0.29, 0.717) is 71.7 Å². The first-order valence-electron chi connectivity index (χ1n) is 21.7. The molecule has 3 heterocycles. The number of carboxylic acid groups (broad SMARTS) is 1. The van der Waals surface area contributed by atoms with E-state index in [9.17, 15) is 24.8 Å². The maximum atomic E-state index is 15.0. The Kier molecular flexibility index (Phi) is 12.5. The van der Waals surface area contributed by atoms with E-state index in [0.717, 1.165) is 40.4 Å². The Morgan fingerprint density at radius 2 is 1.56 bits per heavy atom. The molecule has 1 aliphatic heterocycles. The lowest BCUT2D eigenvalue weighted by atomic mass is 9.91. The number of hydrogen-bond acceptors (Lipinski definition) is 7. The number of likely N-dealkylation sites (N-methyl/N-ethyl adjacent to an activating group) is 1. The Morgan fingerprint density at radius 1 is 0.889 bits per heavy atom. The van der Waals surface area contributed by atoms with Crippen LogP contribution in [0.15, 0.2) is 72.8 Å². The molecule has 0 radical (unpaired) electrons.